The average Bonchev–Trinajstić information content (AvgIpc) is 3.35. The monoisotopic (exact) mass is 394 g/mol. The summed E-state index contributed by atoms with van der Waals surface area (Å²) in [6.45, 7) is 2.00. The lowest BCUT2D eigenvalue weighted by molar-refractivity contribution is 0.0526. The molecule has 0 aromatic carbocycles. The highest BCUT2D eigenvalue weighted by atomic mass is 32.1. The molecule has 0 bridgehead atoms. The van der Waals surface area contributed by atoms with E-state index in [-0.39, 0.29) is 17.7 Å². The maximum Gasteiger partial charge on any atom is 0.339 e. The van der Waals surface area contributed by atoms with Gasteiger partial charge in [0.15, 0.2) is 0 Å². The fraction of sp³-hybridized carbons (Fsp3) is 0.167. The van der Waals surface area contributed by atoms with Crippen LogP contribution in [-0.2, 0) is 11.8 Å². The lowest BCUT2D eigenvalue weighted by Gasteiger charge is -2.03. The van der Waals surface area contributed by atoms with Gasteiger partial charge in [0.25, 0.3) is 5.56 Å². The number of esters is 1. The van der Waals surface area contributed by atoms with Crippen LogP contribution in [0.4, 0.5) is 0 Å². The molecule has 10 heteroatoms. The van der Waals surface area contributed by atoms with Gasteiger partial charge in [0.2, 0.25) is 0 Å². The molecular formula is C18H14N6O3S. The van der Waals surface area contributed by atoms with Crippen molar-refractivity contribution >= 4 is 44.1 Å². The zero-order valence-electron chi connectivity index (χ0n) is 15.0. The second kappa shape index (κ2) is 5.99. The number of aryl methyl sites for hydroxylation is 1. The Morgan fingerprint density at radius 3 is 2.89 bits per heavy atom. The first kappa shape index (κ1) is 16.6. The Kier molecular flexibility index (Phi) is 3.56. The van der Waals surface area contributed by atoms with Crippen molar-refractivity contribution in [1.29, 1.82) is 0 Å². The molecule has 0 aliphatic rings. The Balaban J connectivity index is 1.72. The fourth-order valence-electron chi connectivity index (χ4n) is 3.16. The summed E-state index contributed by atoms with van der Waals surface area (Å²) in [5, 5.41) is 9.23. The number of carbonyl (C=O) groups is 1. The van der Waals surface area contributed by atoms with E-state index < -0.39 is 5.97 Å². The smallest absolute Gasteiger partial charge is 0.339 e. The number of pyridine rings is 2. The van der Waals surface area contributed by atoms with E-state index in [1.165, 1.54) is 17.5 Å². The number of hydrogen-bond donors (Lipinski definition) is 1. The van der Waals surface area contributed by atoms with Crippen LogP contribution in [0.2, 0.25) is 0 Å². The highest BCUT2D eigenvalue weighted by Gasteiger charge is 2.18. The molecule has 28 heavy (non-hydrogen) atoms. The second-order valence-corrected chi connectivity index (χ2v) is 7.30. The molecule has 0 spiro atoms. The third kappa shape index (κ3) is 2.42. The number of H-pyrrole nitrogens is 1. The molecule has 1 N–H and O–H groups in total. The number of ether oxygens (including phenoxy) is 1. The van der Waals surface area contributed by atoms with E-state index in [1.807, 2.05) is 19.4 Å². The van der Waals surface area contributed by atoms with E-state index >= 15 is 0 Å². The summed E-state index contributed by atoms with van der Waals surface area (Å²) in [6, 6.07) is 1.57. The predicted molar refractivity (Wildman–Crippen MR) is 105 cm³/mol. The largest absolute Gasteiger partial charge is 0.462 e. The molecule has 0 saturated carbocycles. The summed E-state index contributed by atoms with van der Waals surface area (Å²) in [5.41, 5.74) is 2.44. The van der Waals surface area contributed by atoms with Crippen LogP contribution >= 0.6 is 11.3 Å². The van der Waals surface area contributed by atoms with Crippen molar-refractivity contribution in [3.8, 4) is 10.4 Å². The van der Waals surface area contributed by atoms with Gasteiger partial charge in [-0.25, -0.2) is 9.31 Å². The Morgan fingerprint density at radius 1 is 1.29 bits per heavy atom. The van der Waals surface area contributed by atoms with Crippen molar-refractivity contribution in [1.82, 2.24) is 29.4 Å². The Bertz CT molecular complexity index is 1440. The first-order chi connectivity index (χ1) is 13.5. The van der Waals surface area contributed by atoms with E-state index in [4.69, 9.17) is 4.74 Å². The molecule has 0 unspecified atom stereocenters. The van der Waals surface area contributed by atoms with Crippen LogP contribution in [0.25, 0.3) is 37.2 Å². The molecule has 5 rings (SSSR count). The maximum absolute atomic E-state index is 12.8. The van der Waals surface area contributed by atoms with Crippen LogP contribution in [0.5, 0.6) is 0 Å². The van der Waals surface area contributed by atoms with Gasteiger partial charge in [-0.15, -0.1) is 11.3 Å². The SMILES string of the molecule is CCOC(=O)c1cnc2c(c1)[nH]c(=O)c1c2nn2cc(-c3cnn(C)c3)sc12. The van der Waals surface area contributed by atoms with E-state index in [0.29, 0.717) is 21.9 Å². The summed E-state index contributed by atoms with van der Waals surface area (Å²) < 4.78 is 8.40. The molecule has 140 valence electrons. The van der Waals surface area contributed by atoms with E-state index in [2.05, 4.69) is 20.2 Å². The van der Waals surface area contributed by atoms with E-state index in [9.17, 15) is 9.59 Å². The number of aromatic nitrogens is 6. The number of carbonyl (C=O) groups excluding carboxylic acids is 1. The summed E-state index contributed by atoms with van der Waals surface area (Å²) in [6.07, 6.45) is 6.99. The van der Waals surface area contributed by atoms with Gasteiger partial charge in [0.05, 0.1) is 28.8 Å². The Hall–Kier alpha value is -3.53. The molecule has 0 aliphatic heterocycles. The van der Waals surface area contributed by atoms with Crippen LogP contribution < -0.4 is 5.56 Å². The molecule has 0 amide bonds. The average molecular weight is 394 g/mol. The van der Waals surface area contributed by atoms with Crippen LogP contribution in [-0.4, -0.2) is 41.9 Å². The lowest BCUT2D eigenvalue weighted by atomic mass is 10.2. The van der Waals surface area contributed by atoms with Gasteiger partial charge in [-0.05, 0) is 13.0 Å². The Labute approximate surface area is 161 Å². The number of rotatable bonds is 3. The lowest BCUT2D eigenvalue weighted by Crippen LogP contribution is -2.09. The first-order valence-electron chi connectivity index (χ1n) is 8.55. The summed E-state index contributed by atoms with van der Waals surface area (Å²) in [7, 11) is 1.85. The van der Waals surface area contributed by atoms with Crippen LogP contribution in [0.15, 0.2) is 35.6 Å². The highest BCUT2D eigenvalue weighted by Crippen LogP contribution is 2.32. The van der Waals surface area contributed by atoms with Gasteiger partial charge >= 0.3 is 5.97 Å². The fourth-order valence-corrected chi connectivity index (χ4v) is 4.22. The van der Waals surface area contributed by atoms with Crippen molar-refractivity contribution in [2.24, 2.45) is 7.05 Å². The molecule has 9 nitrogen and oxygen atoms in total. The molecule has 0 radical (unpaired) electrons. The number of nitrogens with zero attached hydrogens (tertiary/aromatic N) is 5. The summed E-state index contributed by atoms with van der Waals surface area (Å²) in [5.74, 6) is -0.482. The summed E-state index contributed by atoms with van der Waals surface area (Å²) >= 11 is 1.46. The van der Waals surface area contributed by atoms with E-state index in [0.717, 1.165) is 15.3 Å². The van der Waals surface area contributed by atoms with Crippen LogP contribution in [0.1, 0.15) is 17.3 Å². The minimum Gasteiger partial charge on any atom is -0.462 e. The third-order valence-electron chi connectivity index (χ3n) is 4.40. The van der Waals surface area contributed by atoms with Gasteiger partial charge in [-0.2, -0.15) is 10.2 Å². The van der Waals surface area contributed by atoms with Crippen molar-refractivity contribution in [3.63, 3.8) is 0 Å². The number of aromatic amines is 1. The number of nitrogens with one attached hydrogen (secondary N) is 1. The molecule has 0 aliphatic carbocycles. The van der Waals surface area contributed by atoms with Gasteiger partial charge in [0.1, 0.15) is 21.3 Å². The van der Waals surface area contributed by atoms with E-state index in [1.54, 1.807) is 28.4 Å². The van der Waals surface area contributed by atoms with Crippen molar-refractivity contribution in [3.05, 3.63) is 46.8 Å². The van der Waals surface area contributed by atoms with Crippen molar-refractivity contribution in [2.75, 3.05) is 6.61 Å². The normalized spacial score (nSPS) is 11.6. The van der Waals surface area contributed by atoms with Crippen LogP contribution in [0, 0.1) is 0 Å². The molecule has 0 saturated heterocycles. The molecule has 0 atom stereocenters. The molecular weight excluding hydrogens is 380 g/mol. The van der Waals surface area contributed by atoms with Gasteiger partial charge in [0, 0.05) is 31.2 Å². The maximum atomic E-state index is 12.8. The number of thiazole rings is 1. The molecule has 5 aromatic heterocycles. The molecule has 5 aromatic rings. The quantitative estimate of drug-likeness (QED) is 0.471. The van der Waals surface area contributed by atoms with Gasteiger partial charge in [-0.3, -0.25) is 14.5 Å². The predicted octanol–water partition coefficient (Wildman–Crippen LogP) is 2.36. The van der Waals surface area contributed by atoms with Crippen molar-refractivity contribution in [2.45, 2.75) is 6.92 Å². The minimum absolute atomic E-state index is 0.267. The topological polar surface area (TPSA) is 107 Å². The number of fused-ring (bicyclic) bond motifs is 5. The third-order valence-corrected chi connectivity index (χ3v) is 5.55. The zero-order valence-corrected chi connectivity index (χ0v) is 15.8. The van der Waals surface area contributed by atoms with Gasteiger partial charge < -0.3 is 9.72 Å². The van der Waals surface area contributed by atoms with Crippen molar-refractivity contribution < 1.29 is 9.53 Å². The molecule has 5 heterocycles. The minimum atomic E-state index is -0.482. The number of hydrogen-bond acceptors (Lipinski definition) is 7. The molecule has 0 fully saturated rings. The second-order valence-electron chi connectivity index (χ2n) is 6.27. The van der Waals surface area contributed by atoms with Crippen LogP contribution in [0.3, 0.4) is 0 Å². The first-order valence-corrected chi connectivity index (χ1v) is 9.37. The zero-order chi connectivity index (χ0) is 19.4. The van der Waals surface area contributed by atoms with Gasteiger partial charge in [-0.1, -0.05) is 0 Å². The summed E-state index contributed by atoms with van der Waals surface area (Å²) in [4.78, 5) is 33.6. The Morgan fingerprint density at radius 2 is 2.14 bits per heavy atom. The standard InChI is InChI=1S/C18H14N6O3S/c1-3-27-18(26)9-4-11-14(19-5-9)15-13(16(25)21-11)17-24(22-15)8-12(28-17)10-6-20-23(2)7-10/h4-8H,3H2,1-2H3,(H,21,25). The highest BCUT2D eigenvalue weighted by molar-refractivity contribution is 7.21.